The molecule has 68 heavy (non-hydrogen) atoms. The summed E-state index contributed by atoms with van der Waals surface area (Å²) in [6.45, 7) is 15.7. The standard InChI is InChI=1S/C30H42N6O5.C19H27N5O3/c1-5-40-26-15-20(16-27(28(26)31)41-6-2)19-35-9-7-21(8-10-35)32-30-33-23-18-25(38-4)24(37-3)17-22(23)29(34-30)36-11-13-39-14-12-36;1-25-16-11-14-15(12-17(16)26-2)22-19(21-13-3-5-20-6-4-13)23-18(14)24-7-9-27-10-8-24/h15-18,21H,5-14,19,31H2,1-4H3,(H,32,33,34);11-13,20H,3-10H2,1-2H3,(H,21,22,23). The van der Waals surface area contributed by atoms with E-state index < -0.39 is 0 Å². The maximum absolute atomic E-state index is 6.27. The third-order valence-corrected chi connectivity index (χ3v) is 12.7. The summed E-state index contributed by atoms with van der Waals surface area (Å²) >= 11 is 0. The molecule has 19 nitrogen and oxygen atoms in total. The number of ether oxygens (including phenoxy) is 8. The largest absolute Gasteiger partial charge is 0.493 e. The average Bonchev–Trinajstić information content (AvgIpc) is 3.38. The molecule has 0 aliphatic carbocycles. The zero-order valence-corrected chi connectivity index (χ0v) is 40.5. The number of hydrogen-bond donors (Lipinski definition) is 4. The van der Waals surface area contributed by atoms with Crippen LogP contribution in [-0.2, 0) is 16.0 Å². The van der Waals surface area contributed by atoms with Crippen LogP contribution in [0.25, 0.3) is 21.8 Å². The molecule has 4 aliphatic heterocycles. The number of benzene rings is 3. The van der Waals surface area contributed by atoms with Gasteiger partial charge in [-0.05, 0) is 82.4 Å². The number of rotatable bonds is 16. The van der Waals surface area contributed by atoms with E-state index in [1.807, 2.05) is 50.2 Å². The lowest BCUT2D eigenvalue weighted by Crippen LogP contribution is -2.39. The molecule has 0 amide bonds. The third kappa shape index (κ3) is 11.6. The van der Waals surface area contributed by atoms with Gasteiger partial charge >= 0.3 is 0 Å². The van der Waals surface area contributed by atoms with Crippen LogP contribution in [-0.4, -0.2) is 157 Å². The van der Waals surface area contributed by atoms with Gasteiger partial charge < -0.3 is 69.4 Å². The Morgan fingerprint density at radius 2 is 1.00 bits per heavy atom. The number of morpholine rings is 2. The van der Waals surface area contributed by atoms with Crippen molar-refractivity contribution in [3.8, 4) is 34.5 Å². The lowest BCUT2D eigenvalue weighted by Gasteiger charge is -2.33. The number of hydrogen-bond acceptors (Lipinski definition) is 19. The number of aromatic nitrogens is 4. The van der Waals surface area contributed by atoms with Gasteiger partial charge in [0.2, 0.25) is 11.9 Å². The number of nitrogens with zero attached hydrogens (tertiary/aromatic N) is 7. The molecule has 4 saturated heterocycles. The molecule has 0 saturated carbocycles. The molecule has 0 atom stereocenters. The Morgan fingerprint density at radius 3 is 1.43 bits per heavy atom. The van der Waals surface area contributed by atoms with Gasteiger partial charge in [0.25, 0.3) is 0 Å². The van der Waals surface area contributed by atoms with E-state index in [1.165, 1.54) is 0 Å². The average molecular weight is 940 g/mol. The van der Waals surface area contributed by atoms with Gasteiger partial charge in [0.05, 0.1) is 79.1 Å². The topological polar surface area (TPSA) is 197 Å². The van der Waals surface area contributed by atoms with Gasteiger partial charge in [-0.15, -0.1) is 0 Å². The Kier molecular flexibility index (Phi) is 16.6. The summed E-state index contributed by atoms with van der Waals surface area (Å²) in [5.41, 5.74) is 9.62. The van der Waals surface area contributed by atoms with Crippen LogP contribution in [0.2, 0.25) is 0 Å². The molecule has 2 aromatic heterocycles. The number of anilines is 5. The molecule has 0 radical (unpaired) electrons. The highest BCUT2D eigenvalue weighted by Gasteiger charge is 2.25. The maximum Gasteiger partial charge on any atom is 0.225 e. The molecule has 4 aliphatic rings. The molecule has 0 unspecified atom stereocenters. The number of likely N-dealkylation sites (tertiary alicyclic amines) is 1. The fourth-order valence-electron chi connectivity index (χ4n) is 9.16. The van der Waals surface area contributed by atoms with Crippen molar-refractivity contribution in [2.24, 2.45) is 0 Å². The normalized spacial score (nSPS) is 17.3. The number of nitrogen functional groups attached to an aromatic ring is 1. The first-order chi connectivity index (χ1) is 33.3. The van der Waals surface area contributed by atoms with E-state index >= 15 is 0 Å². The van der Waals surface area contributed by atoms with Crippen LogP contribution in [0.3, 0.4) is 0 Å². The van der Waals surface area contributed by atoms with Crippen molar-refractivity contribution < 1.29 is 37.9 Å². The summed E-state index contributed by atoms with van der Waals surface area (Å²) < 4.78 is 44.8. The van der Waals surface area contributed by atoms with Crippen LogP contribution in [0.5, 0.6) is 34.5 Å². The van der Waals surface area contributed by atoms with Crippen LogP contribution in [0, 0.1) is 0 Å². The van der Waals surface area contributed by atoms with Gasteiger partial charge in [-0.1, -0.05) is 0 Å². The highest BCUT2D eigenvalue weighted by Crippen LogP contribution is 2.39. The van der Waals surface area contributed by atoms with Crippen molar-refractivity contribution in [2.45, 2.75) is 58.2 Å². The van der Waals surface area contributed by atoms with E-state index in [4.69, 9.17) is 63.6 Å². The zero-order chi connectivity index (χ0) is 47.4. The summed E-state index contributed by atoms with van der Waals surface area (Å²) in [6.07, 6.45) is 4.10. The minimum Gasteiger partial charge on any atom is -0.493 e. The maximum atomic E-state index is 6.27. The van der Waals surface area contributed by atoms with Crippen LogP contribution in [0.1, 0.15) is 45.1 Å². The fourth-order valence-corrected chi connectivity index (χ4v) is 9.16. The van der Waals surface area contributed by atoms with E-state index in [0.29, 0.717) is 97.8 Å². The summed E-state index contributed by atoms with van der Waals surface area (Å²) in [6, 6.07) is 12.5. The Balaban J connectivity index is 0.000000200. The molecule has 9 rings (SSSR count). The molecule has 19 heteroatoms. The minimum atomic E-state index is 0.269. The van der Waals surface area contributed by atoms with Crippen molar-refractivity contribution in [1.29, 1.82) is 0 Å². The van der Waals surface area contributed by atoms with Crippen molar-refractivity contribution >= 4 is 51.0 Å². The summed E-state index contributed by atoms with van der Waals surface area (Å²) in [4.78, 5) is 26.5. The Hall–Kier alpha value is -6.02. The lowest BCUT2D eigenvalue weighted by molar-refractivity contribution is 0.122. The molecule has 5 N–H and O–H groups in total. The van der Waals surface area contributed by atoms with E-state index in [2.05, 4.69) is 30.7 Å². The monoisotopic (exact) mass is 940 g/mol. The van der Waals surface area contributed by atoms with Gasteiger partial charge in [0, 0.05) is 80.8 Å². The first-order valence-corrected chi connectivity index (χ1v) is 24.0. The van der Waals surface area contributed by atoms with Gasteiger partial charge in [-0.2, -0.15) is 9.97 Å². The van der Waals surface area contributed by atoms with Crippen LogP contribution in [0.15, 0.2) is 36.4 Å². The first-order valence-electron chi connectivity index (χ1n) is 24.0. The summed E-state index contributed by atoms with van der Waals surface area (Å²) in [7, 11) is 6.57. The summed E-state index contributed by atoms with van der Waals surface area (Å²) in [5, 5.41) is 12.4. The fraction of sp³-hybridized carbons (Fsp3) is 0.551. The Labute approximate surface area is 399 Å². The number of nitrogens with two attached hydrogens (primary N) is 1. The highest BCUT2D eigenvalue weighted by atomic mass is 16.5. The van der Waals surface area contributed by atoms with Gasteiger partial charge in [-0.3, -0.25) is 4.90 Å². The van der Waals surface area contributed by atoms with Crippen molar-refractivity contribution in [3.63, 3.8) is 0 Å². The first kappa shape index (κ1) is 48.4. The Bertz CT molecular complexity index is 2410. The molecule has 368 valence electrons. The van der Waals surface area contributed by atoms with E-state index in [9.17, 15) is 0 Å². The molecule has 3 aromatic carbocycles. The number of piperidine rings is 2. The van der Waals surface area contributed by atoms with E-state index in [-0.39, 0.29) is 6.04 Å². The zero-order valence-electron chi connectivity index (χ0n) is 40.5. The molecular formula is C49H69N11O8. The number of nitrogens with one attached hydrogen (secondary N) is 3. The second kappa shape index (κ2) is 23.3. The molecule has 4 fully saturated rings. The van der Waals surface area contributed by atoms with Crippen LogP contribution in [0.4, 0.5) is 29.2 Å². The lowest BCUT2D eigenvalue weighted by atomic mass is 10.0. The quantitative estimate of drug-likeness (QED) is 0.0893. The van der Waals surface area contributed by atoms with Crippen molar-refractivity contribution in [2.75, 3.05) is 147 Å². The Morgan fingerprint density at radius 1 is 0.574 bits per heavy atom. The SMILES string of the molecule is CCOc1cc(CN2CCC(Nc3nc(N4CCOCC4)c4cc(OC)c(OC)cc4n3)CC2)cc(OCC)c1N.COc1cc2nc(NC3CCNCC3)nc(N3CCOCC3)c2cc1OC. The third-order valence-electron chi connectivity index (χ3n) is 12.7. The minimum absolute atomic E-state index is 0.269. The van der Waals surface area contributed by atoms with Gasteiger partial charge in [-0.25, -0.2) is 9.97 Å². The second-order valence-corrected chi connectivity index (χ2v) is 17.1. The second-order valence-electron chi connectivity index (χ2n) is 17.1. The summed E-state index contributed by atoms with van der Waals surface area (Å²) in [5.74, 6) is 7.13. The highest BCUT2D eigenvalue weighted by molar-refractivity contribution is 5.94. The van der Waals surface area contributed by atoms with Gasteiger partial charge in [0.15, 0.2) is 23.0 Å². The van der Waals surface area contributed by atoms with Crippen molar-refractivity contribution in [3.05, 3.63) is 42.0 Å². The molecular weight excluding hydrogens is 871 g/mol. The van der Waals surface area contributed by atoms with Crippen molar-refractivity contribution in [1.82, 2.24) is 30.2 Å². The molecule has 5 aromatic rings. The number of fused-ring (bicyclic) bond motifs is 2. The predicted molar refractivity (Wildman–Crippen MR) is 266 cm³/mol. The molecule has 6 heterocycles. The van der Waals surface area contributed by atoms with E-state index in [1.54, 1.807) is 28.4 Å². The van der Waals surface area contributed by atoms with Gasteiger partial charge in [0.1, 0.15) is 28.8 Å². The van der Waals surface area contributed by atoms with Crippen LogP contribution >= 0.6 is 0 Å². The smallest absolute Gasteiger partial charge is 0.225 e. The van der Waals surface area contributed by atoms with E-state index in [0.717, 1.165) is 124 Å². The molecule has 0 bridgehead atoms. The molecule has 0 spiro atoms. The van der Waals surface area contributed by atoms with Crippen LogP contribution < -0.4 is 59.9 Å². The predicted octanol–water partition coefficient (Wildman–Crippen LogP) is 5.59. The number of methoxy groups -OCH3 is 4.